The fourth-order valence-electron chi connectivity index (χ4n) is 3.52. The van der Waals surface area contributed by atoms with Crippen molar-refractivity contribution in [2.75, 3.05) is 18.4 Å². The first kappa shape index (κ1) is 22.3. The molecule has 4 rings (SSSR count). The summed E-state index contributed by atoms with van der Waals surface area (Å²) in [6.45, 7) is 1.54. The van der Waals surface area contributed by atoms with Crippen molar-refractivity contribution in [3.63, 3.8) is 0 Å². The number of aromatic nitrogens is 1. The highest BCUT2D eigenvalue weighted by Crippen LogP contribution is 2.32. The van der Waals surface area contributed by atoms with Gasteiger partial charge in [-0.2, -0.15) is 0 Å². The molecule has 1 amide bonds. The van der Waals surface area contributed by atoms with Crippen LogP contribution in [0.15, 0.2) is 60.0 Å². The lowest BCUT2D eigenvalue weighted by Gasteiger charge is -2.42. The minimum absolute atomic E-state index is 0.245. The molecule has 1 unspecified atom stereocenters. The molecule has 2 aliphatic rings. The molecule has 0 radical (unpaired) electrons. The summed E-state index contributed by atoms with van der Waals surface area (Å²) in [5, 5.41) is 1.70. The number of aliphatic imine (C=N–C) groups is 1. The Morgan fingerprint density at radius 1 is 1.31 bits per heavy atom. The van der Waals surface area contributed by atoms with Crippen molar-refractivity contribution in [3.8, 4) is 0 Å². The van der Waals surface area contributed by atoms with Crippen molar-refractivity contribution in [2.45, 2.75) is 30.8 Å². The zero-order valence-electron chi connectivity index (χ0n) is 17.7. The standard InChI is InChI=1S/C24H27FN5OP/c25-24(32)15-30(16-24)14-17-1-4-21(5-2-17)29-23(31)8-3-18-12-27-10-9-22(18)19(11-26)13-28-20-6-7-20/h1-5,8-13,20H,6-7,14-16,26,32H2,(H,29,31)/b8-3+,19-11?,28-13?. The number of carbonyl (C=O) groups is 1. The van der Waals surface area contributed by atoms with Gasteiger partial charge < -0.3 is 11.1 Å². The Morgan fingerprint density at radius 2 is 2.06 bits per heavy atom. The Kier molecular flexibility index (Phi) is 6.77. The third-order valence-electron chi connectivity index (χ3n) is 5.33. The van der Waals surface area contributed by atoms with Crippen molar-refractivity contribution in [1.29, 1.82) is 0 Å². The normalized spacial score (nSPS) is 18.8. The number of hydrogen-bond acceptors (Lipinski definition) is 5. The molecule has 3 N–H and O–H groups in total. The fourth-order valence-corrected chi connectivity index (χ4v) is 4.04. The zero-order valence-corrected chi connectivity index (χ0v) is 18.9. The number of hydrogen-bond donors (Lipinski definition) is 2. The molecule has 0 spiro atoms. The first-order valence-electron chi connectivity index (χ1n) is 10.6. The smallest absolute Gasteiger partial charge is 0.248 e. The topological polar surface area (TPSA) is 83.6 Å². The van der Waals surface area contributed by atoms with E-state index in [-0.39, 0.29) is 5.91 Å². The third-order valence-corrected chi connectivity index (χ3v) is 5.69. The lowest BCUT2D eigenvalue weighted by atomic mass is 10.0. The highest BCUT2D eigenvalue weighted by Gasteiger charge is 2.38. The maximum atomic E-state index is 13.6. The van der Waals surface area contributed by atoms with Crippen molar-refractivity contribution in [1.82, 2.24) is 9.88 Å². The number of nitrogens with two attached hydrogens (primary N) is 1. The van der Waals surface area contributed by atoms with Crippen LogP contribution < -0.4 is 11.1 Å². The number of pyridine rings is 1. The summed E-state index contributed by atoms with van der Waals surface area (Å²) < 4.78 is 13.6. The number of carbonyl (C=O) groups excluding carboxylic acids is 1. The van der Waals surface area contributed by atoms with Gasteiger partial charge in [0.05, 0.1) is 6.04 Å². The van der Waals surface area contributed by atoms with Crippen molar-refractivity contribution < 1.29 is 9.18 Å². The lowest BCUT2D eigenvalue weighted by molar-refractivity contribution is -0.111. The van der Waals surface area contributed by atoms with Crippen LogP contribution in [-0.4, -0.2) is 46.5 Å². The first-order valence-corrected chi connectivity index (χ1v) is 11.2. The van der Waals surface area contributed by atoms with Gasteiger partial charge in [-0.15, -0.1) is 0 Å². The number of nitrogens with zero attached hydrogens (tertiary/aromatic N) is 3. The average Bonchev–Trinajstić information content (AvgIpc) is 3.58. The minimum Gasteiger partial charge on any atom is -0.404 e. The molecule has 32 heavy (non-hydrogen) atoms. The number of amides is 1. The summed E-state index contributed by atoms with van der Waals surface area (Å²) in [5.74, 6) is -0.245. The van der Waals surface area contributed by atoms with Gasteiger partial charge in [0.1, 0.15) is 5.41 Å². The molecule has 1 saturated heterocycles. The molecule has 1 saturated carbocycles. The molecule has 2 heterocycles. The minimum atomic E-state index is -1.15. The van der Waals surface area contributed by atoms with Gasteiger partial charge in [0.15, 0.2) is 0 Å². The van der Waals surface area contributed by atoms with E-state index in [2.05, 4.69) is 24.5 Å². The van der Waals surface area contributed by atoms with E-state index in [4.69, 9.17) is 5.73 Å². The molecule has 1 atom stereocenters. The molecule has 8 heteroatoms. The predicted molar refractivity (Wildman–Crippen MR) is 131 cm³/mol. The third kappa shape index (κ3) is 6.09. The molecule has 166 valence electrons. The Bertz CT molecular complexity index is 1050. The highest BCUT2D eigenvalue weighted by atomic mass is 31.0. The molecule has 1 aromatic heterocycles. The van der Waals surface area contributed by atoms with E-state index >= 15 is 0 Å². The first-order chi connectivity index (χ1) is 15.4. The van der Waals surface area contributed by atoms with E-state index < -0.39 is 5.41 Å². The van der Waals surface area contributed by atoms with Gasteiger partial charge in [-0.1, -0.05) is 21.4 Å². The SMILES string of the molecule is NC=C(C=NC1CC1)c1ccncc1/C=C/C(=O)Nc1ccc(CN2CC(F)(P)C2)cc1. The van der Waals surface area contributed by atoms with E-state index in [1.807, 2.05) is 35.2 Å². The van der Waals surface area contributed by atoms with E-state index in [1.54, 1.807) is 24.7 Å². The number of halogens is 1. The van der Waals surface area contributed by atoms with E-state index in [9.17, 15) is 9.18 Å². The quantitative estimate of drug-likeness (QED) is 0.365. The van der Waals surface area contributed by atoms with Crippen molar-refractivity contribution >= 4 is 38.7 Å². The second-order valence-electron chi connectivity index (χ2n) is 8.29. The van der Waals surface area contributed by atoms with Crippen LogP contribution in [0.2, 0.25) is 0 Å². The maximum absolute atomic E-state index is 13.6. The highest BCUT2D eigenvalue weighted by molar-refractivity contribution is 7.18. The molecule has 1 aromatic carbocycles. The van der Waals surface area contributed by atoms with Gasteiger partial charge in [0, 0.05) is 67.3 Å². The Hall–Kier alpha value is -2.89. The number of rotatable bonds is 8. The van der Waals surface area contributed by atoms with Gasteiger partial charge in [0.2, 0.25) is 5.91 Å². The van der Waals surface area contributed by atoms with Gasteiger partial charge in [-0.05, 0) is 48.2 Å². The summed E-state index contributed by atoms with van der Waals surface area (Å²) >= 11 is 0. The van der Waals surface area contributed by atoms with Gasteiger partial charge >= 0.3 is 0 Å². The number of nitrogens with one attached hydrogen (secondary N) is 1. The van der Waals surface area contributed by atoms with Crippen LogP contribution in [0.25, 0.3) is 11.6 Å². The molecule has 2 aromatic rings. The number of anilines is 1. The summed E-state index contributed by atoms with van der Waals surface area (Å²) in [7, 11) is 2.25. The Balaban J connectivity index is 1.35. The van der Waals surface area contributed by atoms with Crippen LogP contribution >= 0.6 is 9.24 Å². The number of alkyl halides is 1. The lowest BCUT2D eigenvalue weighted by Crippen LogP contribution is -2.54. The molecule has 1 aliphatic heterocycles. The van der Waals surface area contributed by atoms with E-state index in [0.717, 1.165) is 35.1 Å². The Morgan fingerprint density at radius 3 is 2.72 bits per heavy atom. The summed E-state index contributed by atoms with van der Waals surface area (Å²) in [5.41, 5.74) is 10.0. The van der Waals surface area contributed by atoms with Crippen LogP contribution in [0.3, 0.4) is 0 Å². The van der Waals surface area contributed by atoms with Crippen LogP contribution in [0, 0.1) is 0 Å². The Labute approximate surface area is 189 Å². The predicted octanol–water partition coefficient (Wildman–Crippen LogP) is 3.62. The molecular weight excluding hydrogens is 424 g/mol. The monoisotopic (exact) mass is 451 g/mol. The molecule has 0 bridgehead atoms. The summed E-state index contributed by atoms with van der Waals surface area (Å²) in [6, 6.07) is 9.84. The van der Waals surface area contributed by atoms with Crippen molar-refractivity contribution in [2.24, 2.45) is 10.7 Å². The van der Waals surface area contributed by atoms with Crippen LogP contribution in [0.5, 0.6) is 0 Å². The molecule has 1 aliphatic carbocycles. The van der Waals surface area contributed by atoms with Gasteiger partial charge in [-0.3, -0.25) is 19.7 Å². The van der Waals surface area contributed by atoms with Gasteiger partial charge in [0.25, 0.3) is 0 Å². The van der Waals surface area contributed by atoms with Gasteiger partial charge in [-0.25, -0.2) is 4.39 Å². The fraction of sp³-hybridized carbons (Fsp3) is 0.292. The molecule has 2 fully saturated rings. The summed E-state index contributed by atoms with van der Waals surface area (Å²) in [4.78, 5) is 23.1. The van der Waals surface area contributed by atoms with Crippen LogP contribution in [0.4, 0.5) is 10.1 Å². The van der Waals surface area contributed by atoms with Crippen LogP contribution in [0.1, 0.15) is 29.5 Å². The maximum Gasteiger partial charge on any atom is 0.248 e. The largest absolute Gasteiger partial charge is 0.404 e. The number of allylic oxidation sites excluding steroid dienone is 1. The van der Waals surface area contributed by atoms with E-state index in [1.165, 1.54) is 12.3 Å². The van der Waals surface area contributed by atoms with Crippen LogP contribution in [-0.2, 0) is 11.3 Å². The second-order valence-corrected chi connectivity index (χ2v) is 9.33. The van der Waals surface area contributed by atoms with Crippen molar-refractivity contribution in [3.05, 3.63) is 71.7 Å². The molecule has 6 nitrogen and oxygen atoms in total. The number of benzene rings is 1. The number of likely N-dealkylation sites (tertiary alicyclic amines) is 1. The van der Waals surface area contributed by atoms with E-state index in [0.29, 0.717) is 31.4 Å². The second kappa shape index (κ2) is 9.72. The zero-order chi connectivity index (χ0) is 22.6. The average molecular weight is 451 g/mol. The molecular formula is C24H27FN5OP. The summed E-state index contributed by atoms with van der Waals surface area (Å²) in [6.07, 6.45) is 12.1.